The van der Waals surface area contributed by atoms with Crippen molar-refractivity contribution in [2.75, 3.05) is 59.9 Å². The highest BCUT2D eigenvalue weighted by molar-refractivity contribution is 14.0. The number of likely N-dealkylation sites (N-methyl/N-ethyl adjacent to an activating group) is 1. The molecule has 6 heteroatoms. The van der Waals surface area contributed by atoms with Crippen LogP contribution < -0.4 is 5.32 Å². The Morgan fingerprint density at radius 2 is 1.81 bits per heavy atom. The average molecular weight is 494 g/mol. The number of rotatable bonds is 6. The molecule has 2 rings (SSSR count). The second-order valence-electron chi connectivity index (χ2n) is 9.16. The van der Waals surface area contributed by atoms with Gasteiger partial charge in [-0.15, -0.1) is 24.0 Å². The van der Waals surface area contributed by atoms with Crippen LogP contribution >= 0.6 is 24.0 Å². The quantitative estimate of drug-likeness (QED) is 0.350. The minimum Gasteiger partial charge on any atom is -0.355 e. The van der Waals surface area contributed by atoms with Gasteiger partial charge in [0.15, 0.2) is 5.96 Å². The number of hydrogen-bond acceptors (Lipinski definition) is 3. The lowest BCUT2D eigenvalue weighted by atomic mass is 9.78. The minimum atomic E-state index is 0. The van der Waals surface area contributed by atoms with Crippen LogP contribution in [0.1, 0.15) is 53.4 Å². The fraction of sp³-hybridized carbons (Fsp3) is 0.952. The molecule has 2 saturated heterocycles. The molecule has 0 radical (unpaired) electrons. The highest BCUT2D eigenvalue weighted by Crippen LogP contribution is 2.33. The number of nitrogens with zero attached hydrogens (tertiary/aromatic N) is 4. The summed E-state index contributed by atoms with van der Waals surface area (Å²) in [5.41, 5.74) is 0.444. The predicted molar refractivity (Wildman–Crippen MR) is 128 cm³/mol. The SMILES string of the molecule is CCCC1(C)CCCN(C(=NC)NCC(C(C)C)N2CCN(C)CC2)C1.I. The molecule has 0 aliphatic carbocycles. The summed E-state index contributed by atoms with van der Waals surface area (Å²) < 4.78 is 0. The van der Waals surface area contributed by atoms with Crippen molar-refractivity contribution >= 4 is 29.9 Å². The van der Waals surface area contributed by atoms with Gasteiger partial charge in [0.2, 0.25) is 0 Å². The Hall–Kier alpha value is -0.0800. The van der Waals surface area contributed by atoms with Crippen molar-refractivity contribution in [3.8, 4) is 0 Å². The van der Waals surface area contributed by atoms with Gasteiger partial charge in [0.1, 0.15) is 0 Å². The van der Waals surface area contributed by atoms with Gasteiger partial charge in [-0.2, -0.15) is 0 Å². The molecule has 2 aliphatic rings. The maximum Gasteiger partial charge on any atom is 0.193 e. The maximum absolute atomic E-state index is 4.63. The summed E-state index contributed by atoms with van der Waals surface area (Å²) in [6, 6.07) is 0.576. The molecule has 1 N–H and O–H groups in total. The predicted octanol–water partition coefficient (Wildman–Crippen LogP) is 3.35. The van der Waals surface area contributed by atoms with Crippen molar-refractivity contribution in [2.24, 2.45) is 16.3 Å². The summed E-state index contributed by atoms with van der Waals surface area (Å²) >= 11 is 0. The first-order chi connectivity index (χ1) is 12.4. The number of piperidine rings is 1. The van der Waals surface area contributed by atoms with Gasteiger partial charge in [0.25, 0.3) is 0 Å². The topological polar surface area (TPSA) is 34.1 Å². The normalized spacial score (nSPS) is 26.8. The van der Waals surface area contributed by atoms with E-state index >= 15 is 0 Å². The van der Waals surface area contributed by atoms with Gasteiger partial charge < -0.3 is 15.1 Å². The fourth-order valence-electron chi connectivity index (χ4n) is 4.77. The molecule has 2 unspecified atom stereocenters. The van der Waals surface area contributed by atoms with Gasteiger partial charge in [-0.3, -0.25) is 9.89 Å². The average Bonchev–Trinajstić information content (AvgIpc) is 2.59. The summed E-state index contributed by atoms with van der Waals surface area (Å²) in [4.78, 5) is 12.2. The molecule has 2 heterocycles. The zero-order valence-corrected chi connectivity index (χ0v) is 21.0. The second-order valence-corrected chi connectivity index (χ2v) is 9.16. The Morgan fingerprint density at radius 3 is 2.37 bits per heavy atom. The summed E-state index contributed by atoms with van der Waals surface area (Å²) in [6.45, 7) is 17.5. The van der Waals surface area contributed by atoms with Crippen molar-refractivity contribution in [1.82, 2.24) is 20.0 Å². The number of hydrogen-bond donors (Lipinski definition) is 1. The number of piperazine rings is 1. The van der Waals surface area contributed by atoms with Crippen molar-refractivity contribution in [3.63, 3.8) is 0 Å². The molecule has 0 amide bonds. The third-order valence-electron chi connectivity index (χ3n) is 6.39. The highest BCUT2D eigenvalue weighted by atomic mass is 127. The molecule has 0 saturated carbocycles. The first-order valence-corrected chi connectivity index (χ1v) is 10.8. The smallest absolute Gasteiger partial charge is 0.193 e. The fourth-order valence-corrected chi connectivity index (χ4v) is 4.77. The summed E-state index contributed by atoms with van der Waals surface area (Å²) in [5, 5.41) is 3.73. The van der Waals surface area contributed by atoms with Crippen LogP contribution in [0.15, 0.2) is 4.99 Å². The van der Waals surface area contributed by atoms with E-state index in [0.717, 1.165) is 25.6 Å². The van der Waals surface area contributed by atoms with Crippen LogP contribution in [-0.4, -0.2) is 86.6 Å². The molecule has 27 heavy (non-hydrogen) atoms. The molecule has 160 valence electrons. The van der Waals surface area contributed by atoms with Crippen LogP contribution in [0.2, 0.25) is 0 Å². The van der Waals surface area contributed by atoms with Gasteiger partial charge >= 0.3 is 0 Å². The van der Waals surface area contributed by atoms with Gasteiger partial charge in [0, 0.05) is 58.9 Å². The molecule has 0 bridgehead atoms. The van der Waals surface area contributed by atoms with Crippen LogP contribution in [0.25, 0.3) is 0 Å². The van der Waals surface area contributed by atoms with Crippen molar-refractivity contribution in [1.29, 1.82) is 0 Å². The van der Waals surface area contributed by atoms with E-state index in [2.05, 4.69) is 59.8 Å². The van der Waals surface area contributed by atoms with Crippen LogP contribution in [0.3, 0.4) is 0 Å². The van der Waals surface area contributed by atoms with E-state index in [9.17, 15) is 0 Å². The van der Waals surface area contributed by atoms with E-state index in [-0.39, 0.29) is 24.0 Å². The van der Waals surface area contributed by atoms with E-state index in [4.69, 9.17) is 0 Å². The lowest BCUT2D eigenvalue weighted by Crippen LogP contribution is -2.56. The van der Waals surface area contributed by atoms with E-state index in [1.54, 1.807) is 0 Å². The first kappa shape index (κ1) is 25.0. The third kappa shape index (κ3) is 7.35. The molecule has 0 aromatic rings. The van der Waals surface area contributed by atoms with Gasteiger partial charge in [-0.1, -0.05) is 34.1 Å². The Morgan fingerprint density at radius 1 is 1.15 bits per heavy atom. The molecule has 2 atom stereocenters. The van der Waals surface area contributed by atoms with E-state index in [1.807, 2.05) is 7.05 Å². The number of likely N-dealkylation sites (tertiary alicyclic amines) is 1. The summed E-state index contributed by atoms with van der Waals surface area (Å²) in [5.74, 6) is 1.75. The Bertz CT molecular complexity index is 444. The molecule has 2 aliphatic heterocycles. The molecular formula is C21H44IN5. The standard InChI is InChI=1S/C21H43N5.HI/c1-7-9-21(4)10-8-11-26(17-21)20(22-5)23-16-19(18(2)3)25-14-12-24(6)13-15-25;/h18-19H,7-17H2,1-6H3,(H,22,23);1H. The third-order valence-corrected chi connectivity index (χ3v) is 6.39. The van der Waals surface area contributed by atoms with Crippen molar-refractivity contribution < 1.29 is 0 Å². The number of halogens is 1. The molecule has 0 aromatic carbocycles. The molecule has 5 nitrogen and oxygen atoms in total. The maximum atomic E-state index is 4.63. The number of guanidine groups is 1. The van der Waals surface area contributed by atoms with Gasteiger partial charge in [-0.25, -0.2) is 0 Å². The highest BCUT2D eigenvalue weighted by Gasteiger charge is 2.32. The van der Waals surface area contributed by atoms with Gasteiger partial charge in [0.05, 0.1) is 0 Å². The Balaban J connectivity index is 0.00000364. The second kappa shape index (κ2) is 11.8. The van der Waals surface area contributed by atoms with Crippen LogP contribution in [-0.2, 0) is 0 Å². The monoisotopic (exact) mass is 493 g/mol. The molecule has 2 fully saturated rings. The zero-order chi connectivity index (χ0) is 19.2. The number of aliphatic imine (C=N–C) groups is 1. The lowest BCUT2D eigenvalue weighted by molar-refractivity contribution is 0.0887. The molecule has 0 spiro atoms. The largest absolute Gasteiger partial charge is 0.355 e. The lowest BCUT2D eigenvalue weighted by Gasteiger charge is -2.43. The Labute approximate surface area is 185 Å². The van der Waals surface area contributed by atoms with Crippen molar-refractivity contribution in [2.45, 2.75) is 59.4 Å². The minimum absolute atomic E-state index is 0. The first-order valence-electron chi connectivity index (χ1n) is 10.8. The van der Waals surface area contributed by atoms with Crippen LogP contribution in [0, 0.1) is 11.3 Å². The van der Waals surface area contributed by atoms with E-state index in [1.165, 1.54) is 51.9 Å². The summed E-state index contributed by atoms with van der Waals surface area (Å²) in [7, 11) is 4.17. The van der Waals surface area contributed by atoms with Gasteiger partial charge in [-0.05, 0) is 37.6 Å². The summed E-state index contributed by atoms with van der Waals surface area (Å²) in [6.07, 6.45) is 5.22. The number of nitrogens with one attached hydrogen (secondary N) is 1. The Kier molecular flexibility index (Phi) is 10.9. The molecule has 0 aromatic heterocycles. The van der Waals surface area contributed by atoms with E-state index < -0.39 is 0 Å². The van der Waals surface area contributed by atoms with Crippen LogP contribution in [0.5, 0.6) is 0 Å². The van der Waals surface area contributed by atoms with E-state index in [0.29, 0.717) is 17.4 Å². The van der Waals surface area contributed by atoms with Crippen LogP contribution in [0.4, 0.5) is 0 Å². The molecular weight excluding hydrogens is 449 g/mol. The zero-order valence-electron chi connectivity index (χ0n) is 18.6. The van der Waals surface area contributed by atoms with Crippen molar-refractivity contribution in [3.05, 3.63) is 0 Å².